The van der Waals surface area contributed by atoms with E-state index >= 15 is 0 Å². The molecule has 0 aliphatic carbocycles. The Bertz CT molecular complexity index is 1140. The lowest BCUT2D eigenvalue weighted by Crippen LogP contribution is -2.49. The highest BCUT2D eigenvalue weighted by molar-refractivity contribution is 6.51. The molecule has 0 fully saturated rings. The van der Waals surface area contributed by atoms with Crippen LogP contribution in [0.25, 0.3) is 10.8 Å². The van der Waals surface area contributed by atoms with Crippen molar-refractivity contribution in [2.75, 3.05) is 4.90 Å². The van der Waals surface area contributed by atoms with E-state index in [4.69, 9.17) is 4.65 Å². The topological polar surface area (TPSA) is 32.7 Å². The molecule has 0 aromatic heterocycles. The first-order valence-corrected chi connectivity index (χ1v) is 10.9. The minimum Gasteiger partial charge on any atom is -0.427 e. The molecule has 0 bridgehead atoms. The predicted molar refractivity (Wildman–Crippen MR) is 135 cm³/mol. The zero-order valence-electron chi connectivity index (χ0n) is 19.1. The van der Waals surface area contributed by atoms with Crippen LogP contribution in [0.5, 0.6) is 0 Å². The van der Waals surface area contributed by atoms with Crippen molar-refractivity contribution in [2.45, 2.75) is 38.9 Å². The van der Waals surface area contributed by atoms with Crippen LogP contribution in [0.4, 0.5) is 17.1 Å². The van der Waals surface area contributed by atoms with E-state index in [9.17, 15) is 5.11 Å². The molecule has 32 heavy (non-hydrogen) atoms. The number of hydrogen-bond acceptors (Lipinski definition) is 3. The van der Waals surface area contributed by atoms with E-state index in [2.05, 4.69) is 83.8 Å². The van der Waals surface area contributed by atoms with Crippen LogP contribution in [0.3, 0.4) is 0 Å². The molecule has 0 amide bonds. The standard InChI is InChI=1S/C28H29BNO2/c1-27(2,31)28(3,4)32-29-25-19-20-26(24-18-12-11-17-23(24)25)30(21-13-7-5-8-14-21)22-15-9-6-10-16-22/h5-20,31H,1-4H3. The number of anilines is 3. The van der Waals surface area contributed by atoms with Gasteiger partial charge in [0.05, 0.1) is 16.9 Å². The first-order chi connectivity index (χ1) is 15.3. The summed E-state index contributed by atoms with van der Waals surface area (Å²) in [6, 6.07) is 33.4. The Labute approximate surface area is 191 Å². The van der Waals surface area contributed by atoms with Gasteiger partial charge < -0.3 is 14.7 Å². The molecule has 4 aromatic carbocycles. The third-order valence-corrected chi connectivity index (χ3v) is 6.16. The van der Waals surface area contributed by atoms with E-state index in [1.54, 1.807) is 21.3 Å². The number of aliphatic hydroxyl groups is 1. The first-order valence-electron chi connectivity index (χ1n) is 10.9. The molecule has 0 heterocycles. The fourth-order valence-corrected chi connectivity index (χ4v) is 3.54. The van der Waals surface area contributed by atoms with Gasteiger partial charge in [-0.3, -0.25) is 0 Å². The molecule has 0 unspecified atom stereocenters. The smallest absolute Gasteiger partial charge is 0.331 e. The summed E-state index contributed by atoms with van der Waals surface area (Å²) in [6.07, 6.45) is 0. The van der Waals surface area contributed by atoms with Crippen molar-refractivity contribution in [3.8, 4) is 0 Å². The van der Waals surface area contributed by atoms with Crippen LogP contribution in [0.15, 0.2) is 97.1 Å². The van der Waals surface area contributed by atoms with Gasteiger partial charge in [0, 0.05) is 16.8 Å². The fourth-order valence-electron chi connectivity index (χ4n) is 3.54. The molecule has 3 nitrogen and oxygen atoms in total. The van der Waals surface area contributed by atoms with Crippen molar-refractivity contribution in [2.24, 2.45) is 0 Å². The predicted octanol–water partition coefficient (Wildman–Crippen LogP) is 6.12. The Morgan fingerprint density at radius 1 is 0.656 bits per heavy atom. The van der Waals surface area contributed by atoms with Crippen LogP contribution in [-0.2, 0) is 4.65 Å². The van der Waals surface area contributed by atoms with E-state index in [1.807, 2.05) is 32.0 Å². The maximum Gasteiger partial charge on any atom is 0.331 e. The van der Waals surface area contributed by atoms with Gasteiger partial charge >= 0.3 is 7.48 Å². The summed E-state index contributed by atoms with van der Waals surface area (Å²) in [6.45, 7) is 7.32. The summed E-state index contributed by atoms with van der Waals surface area (Å²) < 4.78 is 6.07. The van der Waals surface area contributed by atoms with Gasteiger partial charge in [-0.05, 0) is 68.9 Å². The van der Waals surface area contributed by atoms with Crippen LogP contribution in [0.1, 0.15) is 27.7 Å². The monoisotopic (exact) mass is 422 g/mol. The average Bonchev–Trinajstić information content (AvgIpc) is 2.79. The quantitative estimate of drug-likeness (QED) is 0.364. The van der Waals surface area contributed by atoms with Gasteiger partial charge in [-0.1, -0.05) is 66.7 Å². The Morgan fingerprint density at radius 3 is 1.69 bits per heavy atom. The molecule has 0 aliphatic heterocycles. The Morgan fingerprint density at radius 2 is 1.16 bits per heavy atom. The van der Waals surface area contributed by atoms with Gasteiger partial charge in [0.25, 0.3) is 0 Å². The molecule has 0 saturated heterocycles. The Hall–Kier alpha value is -3.08. The van der Waals surface area contributed by atoms with E-state index in [1.165, 1.54) is 0 Å². The van der Waals surface area contributed by atoms with Gasteiger partial charge in [0.1, 0.15) is 0 Å². The summed E-state index contributed by atoms with van der Waals surface area (Å²) in [5, 5.41) is 12.7. The molecule has 1 N–H and O–H groups in total. The summed E-state index contributed by atoms with van der Waals surface area (Å²) >= 11 is 0. The zero-order chi connectivity index (χ0) is 22.8. The number of nitrogens with zero attached hydrogens (tertiary/aromatic N) is 1. The Kier molecular flexibility index (Phi) is 6.10. The van der Waals surface area contributed by atoms with Gasteiger partial charge in [0.15, 0.2) is 0 Å². The van der Waals surface area contributed by atoms with Crippen molar-refractivity contribution >= 4 is 40.8 Å². The SMILES string of the molecule is CC(C)(O)C(C)(C)O[B]c1ccc(N(c2ccccc2)c2ccccc2)c2ccccc12. The largest absolute Gasteiger partial charge is 0.427 e. The average molecular weight is 422 g/mol. The normalized spacial score (nSPS) is 12.0. The van der Waals surface area contributed by atoms with Crippen LogP contribution < -0.4 is 10.4 Å². The highest BCUT2D eigenvalue weighted by Gasteiger charge is 2.35. The number of benzene rings is 4. The molecular weight excluding hydrogens is 393 g/mol. The number of rotatable bonds is 7. The van der Waals surface area contributed by atoms with Crippen LogP contribution in [0.2, 0.25) is 0 Å². The summed E-state index contributed by atoms with van der Waals surface area (Å²) in [5.41, 5.74) is 2.56. The molecule has 4 aromatic rings. The highest BCUT2D eigenvalue weighted by atomic mass is 16.5. The fraction of sp³-hybridized carbons (Fsp3) is 0.214. The van der Waals surface area contributed by atoms with E-state index in [-0.39, 0.29) is 0 Å². The highest BCUT2D eigenvalue weighted by Crippen LogP contribution is 2.38. The number of hydrogen-bond donors (Lipinski definition) is 1. The van der Waals surface area contributed by atoms with Gasteiger partial charge in [-0.2, -0.15) is 0 Å². The van der Waals surface area contributed by atoms with Gasteiger partial charge in [-0.25, -0.2) is 0 Å². The summed E-state index contributed by atoms with van der Waals surface area (Å²) in [7, 11) is 1.76. The van der Waals surface area contributed by atoms with Crippen molar-refractivity contribution < 1.29 is 9.76 Å². The molecular formula is C28H29BNO2. The van der Waals surface area contributed by atoms with Gasteiger partial charge in [-0.15, -0.1) is 0 Å². The van der Waals surface area contributed by atoms with Crippen molar-refractivity contribution in [3.63, 3.8) is 0 Å². The van der Waals surface area contributed by atoms with Crippen LogP contribution >= 0.6 is 0 Å². The molecule has 4 rings (SSSR count). The second-order valence-electron chi connectivity index (χ2n) is 9.03. The van der Waals surface area contributed by atoms with E-state index in [0.29, 0.717) is 0 Å². The molecule has 0 atom stereocenters. The minimum atomic E-state index is -0.976. The third-order valence-electron chi connectivity index (χ3n) is 6.16. The van der Waals surface area contributed by atoms with Crippen molar-refractivity contribution in [1.82, 2.24) is 0 Å². The molecule has 4 heteroatoms. The molecule has 1 radical (unpaired) electrons. The summed E-state index contributed by atoms with van der Waals surface area (Å²) in [5.74, 6) is 0. The molecule has 0 spiro atoms. The van der Waals surface area contributed by atoms with Gasteiger partial charge in [0.2, 0.25) is 0 Å². The first kappa shape index (κ1) is 22.1. The zero-order valence-corrected chi connectivity index (χ0v) is 19.1. The lowest BCUT2D eigenvalue weighted by atomic mass is 9.80. The van der Waals surface area contributed by atoms with Crippen LogP contribution in [0, 0.1) is 0 Å². The lowest BCUT2D eigenvalue weighted by molar-refractivity contribution is -0.0893. The lowest BCUT2D eigenvalue weighted by Gasteiger charge is -2.37. The number of para-hydroxylation sites is 2. The maximum atomic E-state index is 10.5. The maximum absolute atomic E-state index is 10.5. The molecule has 0 aliphatic rings. The molecule has 0 saturated carbocycles. The third kappa shape index (κ3) is 4.43. The molecule has 161 valence electrons. The number of fused-ring (bicyclic) bond motifs is 1. The Balaban J connectivity index is 1.81. The second kappa shape index (κ2) is 8.81. The van der Waals surface area contributed by atoms with E-state index in [0.717, 1.165) is 33.3 Å². The van der Waals surface area contributed by atoms with Crippen molar-refractivity contribution in [1.29, 1.82) is 0 Å². The van der Waals surface area contributed by atoms with E-state index < -0.39 is 11.2 Å². The summed E-state index contributed by atoms with van der Waals surface area (Å²) in [4.78, 5) is 2.27. The minimum absolute atomic E-state index is 0.729. The van der Waals surface area contributed by atoms with Crippen LogP contribution in [-0.4, -0.2) is 23.8 Å². The second-order valence-corrected chi connectivity index (χ2v) is 9.03. The van der Waals surface area contributed by atoms with Crippen molar-refractivity contribution in [3.05, 3.63) is 97.1 Å².